The van der Waals surface area contributed by atoms with E-state index in [4.69, 9.17) is 5.73 Å². The second-order valence-electron chi connectivity index (χ2n) is 3.18. The van der Waals surface area contributed by atoms with Crippen LogP contribution in [0.5, 0.6) is 0 Å². The second-order valence-corrected chi connectivity index (χ2v) is 4.09. The number of hydrogen-bond donors (Lipinski definition) is 2. The van der Waals surface area contributed by atoms with Gasteiger partial charge in [-0.2, -0.15) is 0 Å². The Labute approximate surface area is 102 Å². The minimum atomic E-state index is -3.04. The zero-order valence-corrected chi connectivity index (χ0v) is 10.3. The fourth-order valence-corrected chi connectivity index (χ4v) is 1.81. The molecule has 0 bridgehead atoms. The third kappa shape index (κ3) is 4.03. The summed E-state index contributed by atoms with van der Waals surface area (Å²) in [6.07, 6.45) is 0. The Balaban J connectivity index is 0.00000225. The van der Waals surface area contributed by atoms with Crippen LogP contribution in [0, 0.1) is 6.92 Å². The van der Waals surface area contributed by atoms with Crippen LogP contribution in [-0.2, 0) is 0 Å². The number of halogens is 3. The highest BCUT2D eigenvalue weighted by Crippen LogP contribution is 2.16. The maximum Gasteiger partial charge on any atom is 0.277 e. The fraction of sp³-hybridized carbons (Fsp3) is 0.444. The molecule has 1 rings (SSSR count). The number of aryl methyl sites for hydroxylation is 1. The third-order valence-corrected chi connectivity index (χ3v) is 2.89. The monoisotopic (exact) mass is 270 g/mol. The average molecular weight is 271 g/mol. The van der Waals surface area contributed by atoms with Gasteiger partial charge in [0.25, 0.3) is 11.8 Å². The molecular weight excluding hydrogens is 258 g/mol. The van der Waals surface area contributed by atoms with Crippen molar-refractivity contribution in [3.8, 4) is 0 Å². The Morgan fingerprint density at radius 2 is 2.25 bits per heavy atom. The highest BCUT2D eigenvalue weighted by atomic mass is 35.5. The molecule has 1 heterocycles. The van der Waals surface area contributed by atoms with Gasteiger partial charge in [-0.05, 0) is 23.9 Å². The van der Waals surface area contributed by atoms with Crippen LogP contribution in [0.4, 0.5) is 8.78 Å². The van der Waals surface area contributed by atoms with E-state index in [0.717, 1.165) is 5.56 Å². The third-order valence-electron chi connectivity index (χ3n) is 1.87. The van der Waals surface area contributed by atoms with Gasteiger partial charge >= 0.3 is 0 Å². The Hall–Kier alpha value is -0.720. The maximum absolute atomic E-state index is 12.7. The minimum absolute atomic E-state index is 0. The topological polar surface area (TPSA) is 55.1 Å². The molecule has 0 radical (unpaired) electrons. The zero-order chi connectivity index (χ0) is 11.5. The lowest BCUT2D eigenvalue weighted by atomic mass is 10.2. The van der Waals surface area contributed by atoms with Crippen LogP contribution in [0.1, 0.15) is 15.2 Å². The predicted octanol–water partition coefficient (Wildman–Crippen LogP) is 1.80. The average Bonchev–Trinajstić information content (AvgIpc) is 2.61. The molecule has 0 atom stereocenters. The molecule has 1 aromatic heterocycles. The second kappa shape index (κ2) is 6.12. The van der Waals surface area contributed by atoms with E-state index in [1.165, 1.54) is 11.3 Å². The van der Waals surface area contributed by atoms with Crippen molar-refractivity contribution in [2.45, 2.75) is 12.8 Å². The van der Waals surface area contributed by atoms with Crippen molar-refractivity contribution in [3.63, 3.8) is 0 Å². The van der Waals surface area contributed by atoms with Crippen molar-refractivity contribution in [1.82, 2.24) is 5.32 Å². The molecule has 0 saturated heterocycles. The summed E-state index contributed by atoms with van der Waals surface area (Å²) >= 11 is 1.23. The summed E-state index contributed by atoms with van der Waals surface area (Å²) < 4.78 is 25.4. The lowest BCUT2D eigenvalue weighted by Crippen LogP contribution is -2.41. The minimum Gasteiger partial charge on any atom is -0.345 e. The zero-order valence-electron chi connectivity index (χ0n) is 8.63. The molecule has 0 unspecified atom stereocenters. The van der Waals surface area contributed by atoms with Crippen molar-refractivity contribution in [3.05, 3.63) is 21.9 Å². The normalized spacial score (nSPS) is 10.8. The summed E-state index contributed by atoms with van der Waals surface area (Å²) in [5.41, 5.74) is 5.63. The van der Waals surface area contributed by atoms with Crippen molar-refractivity contribution in [1.29, 1.82) is 0 Å². The summed E-state index contributed by atoms with van der Waals surface area (Å²) in [4.78, 5) is 11.9. The summed E-state index contributed by atoms with van der Waals surface area (Å²) in [6, 6.07) is 1.76. The van der Waals surface area contributed by atoms with Crippen molar-refractivity contribution in [2.24, 2.45) is 5.73 Å². The molecule has 0 spiro atoms. The first-order valence-electron chi connectivity index (χ1n) is 4.36. The molecule has 3 N–H and O–H groups in total. The lowest BCUT2D eigenvalue weighted by Gasteiger charge is -2.14. The molecule has 3 nitrogen and oxygen atoms in total. The number of carbonyl (C=O) groups excluding carboxylic acids is 1. The summed E-state index contributed by atoms with van der Waals surface area (Å²) in [5, 5.41) is 3.90. The van der Waals surface area contributed by atoms with E-state index >= 15 is 0 Å². The highest BCUT2D eigenvalue weighted by Gasteiger charge is 2.27. The first-order chi connectivity index (χ1) is 6.96. The number of amides is 1. The standard InChI is InChI=1S/C9H12F2N2OS.ClH/c1-6-2-3-15-7(6)8(14)13-5-9(10,11)4-12;/h2-3H,4-5,12H2,1H3,(H,13,14);1H. The van der Waals surface area contributed by atoms with Crippen LogP contribution in [0.3, 0.4) is 0 Å². The number of nitrogens with two attached hydrogens (primary N) is 1. The Morgan fingerprint density at radius 3 is 2.69 bits per heavy atom. The molecule has 0 aliphatic rings. The maximum atomic E-state index is 12.7. The molecule has 1 amide bonds. The number of carbonyl (C=O) groups is 1. The smallest absolute Gasteiger partial charge is 0.277 e. The van der Waals surface area contributed by atoms with E-state index < -0.39 is 24.9 Å². The van der Waals surface area contributed by atoms with Gasteiger partial charge in [-0.15, -0.1) is 23.7 Å². The van der Waals surface area contributed by atoms with Gasteiger partial charge in [0.15, 0.2) is 0 Å². The van der Waals surface area contributed by atoms with E-state index in [9.17, 15) is 13.6 Å². The van der Waals surface area contributed by atoms with Gasteiger partial charge in [0, 0.05) is 0 Å². The molecule has 0 aromatic carbocycles. The van der Waals surface area contributed by atoms with E-state index in [1.807, 2.05) is 0 Å². The number of rotatable bonds is 4. The summed E-state index contributed by atoms with van der Waals surface area (Å²) in [7, 11) is 0. The number of alkyl halides is 2. The van der Waals surface area contributed by atoms with Gasteiger partial charge in [0.1, 0.15) is 0 Å². The van der Waals surface area contributed by atoms with Gasteiger partial charge in [0.05, 0.1) is 18.0 Å². The van der Waals surface area contributed by atoms with Crippen LogP contribution in [0.25, 0.3) is 0 Å². The van der Waals surface area contributed by atoms with E-state index in [2.05, 4.69) is 5.32 Å². The van der Waals surface area contributed by atoms with E-state index in [1.54, 1.807) is 18.4 Å². The van der Waals surface area contributed by atoms with Gasteiger partial charge in [-0.25, -0.2) is 8.78 Å². The number of nitrogens with one attached hydrogen (secondary N) is 1. The Kier molecular flexibility index (Phi) is 5.85. The van der Waals surface area contributed by atoms with Crippen LogP contribution in [0.2, 0.25) is 0 Å². The number of thiophene rings is 1. The SMILES string of the molecule is Cc1ccsc1C(=O)NCC(F)(F)CN.Cl. The van der Waals surface area contributed by atoms with E-state index in [0.29, 0.717) is 4.88 Å². The van der Waals surface area contributed by atoms with Crippen LogP contribution >= 0.6 is 23.7 Å². The molecule has 0 aliphatic carbocycles. The van der Waals surface area contributed by atoms with Gasteiger partial charge < -0.3 is 11.1 Å². The Morgan fingerprint density at radius 1 is 1.62 bits per heavy atom. The molecule has 0 fully saturated rings. The predicted molar refractivity (Wildman–Crippen MR) is 62.6 cm³/mol. The molecule has 0 saturated carbocycles. The van der Waals surface area contributed by atoms with Crippen molar-refractivity contribution < 1.29 is 13.6 Å². The quantitative estimate of drug-likeness (QED) is 0.877. The summed E-state index contributed by atoms with van der Waals surface area (Å²) in [6.45, 7) is 0.267. The Bertz CT molecular complexity index is 357. The van der Waals surface area contributed by atoms with E-state index in [-0.39, 0.29) is 12.4 Å². The molecule has 16 heavy (non-hydrogen) atoms. The van der Waals surface area contributed by atoms with Crippen LogP contribution in [0.15, 0.2) is 11.4 Å². The van der Waals surface area contributed by atoms with Gasteiger partial charge in [-0.1, -0.05) is 0 Å². The van der Waals surface area contributed by atoms with Crippen LogP contribution < -0.4 is 11.1 Å². The molecule has 1 aromatic rings. The van der Waals surface area contributed by atoms with Crippen LogP contribution in [-0.4, -0.2) is 24.9 Å². The van der Waals surface area contributed by atoms with Gasteiger partial charge in [0.2, 0.25) is 0 Å². The molecular formula is C9H13ClF2N2OS. The number of hydrogen-bond acceptors (Lipinski definition) is 3. The first kappa shape index (κ1) is 15.3. The van der Waals surface area contributed by atoms with Crippen molar-refractivity contribution in [2.75, 3.05) is 13.1 Å². The van der Waals surface area contributed by atoms with Gasteiger partial charge in [-0.3, -0.25) is 4.79 Å². The largest absolute Gasteiger partial charge is 0.345 e. The summed E-state index contributed by atoms with van der Waals surface area (Å²) in [5.74, 6) is -3.52. The highest BCUT2D eigenvalue weighted by molar-refractivity contribution is 7.12. The molecule has 7 heteroatoms. The fourth-order valence-electron chi connectivity index (χ4n) is 0.967. The lowest BCUT2D eigenvalue weighted by molar-refractivity contribution is 0.0119. The van der Waals surface area contributed by atoms with Crippen molar-refractivity contribution >= 4 is 29.7 Å². The molecule has 0 aliphatic heterocycles. The molecule has 92 valence electrons. The first-order valence-corrected chi connectivity index (χ1v) is 5.24.